The fourth-order valence-electron chi connectivity index (χ4n) is 5.04. The van der Waals surface area contributed by atoms with Crippen LogP contribution in [0.1, 0.15) is 51.4 Å². The maximum absolute atomic E-state index is 13.1. The van der Waals surface area contributed by atoms with Gasteiger partial charge >= 0.3 is 0 Å². The molecule has 0 aromatic heterocycles. The number of amides is 1. The lowest BCUT2D eigenvalue weighted by Gasteiger charge is -2.44. The van der Waals surface area contributed by atoms with E-state index in [0.29, 0.717) is 35.7 Å². The van der Waals surface area contributed by atoms with Crippen molar-refractivity contribution in [1.82, 2.24) is 4.90 Å². The third-order valence-corrected chi connectivity index (χ3v) is 6.51. The molecule has 22 heavy (non-hydrogen) atoms. The van der Waals surface area contributed by atoms with Crippen LogP contribution in [0.2, 0.25) is 0 Å². The fraction of sp³-hybridized carbons (Fsp3) is 0.944. The van der Waals surface area contributed by atoms with E-state index in [0.717, 1.165) is 39.0 Å². The largest absolute Gasteiger partial charge is 0.381 e. The van der Waals surface area contributed by atoms with Crippen molar-refractivity contribution in [2.24, 2.45) is 29.4 Å². The van der Waals surface area contributed by atoms with E-state index in [1.165, 1.54) is 32.1 Å². The summed E-state index contributed by atoms with van der Waals surface area (Å²) in [5.41, 5.74) is 6.39. The first-order valence-corrected chi connectivity index (χ1v) is 9.36. The van der Waals surface area contributed by atoms with E-state index in [1.54, 1.807) is 0 Å². The van der Waals surface area contributed by atoms with E-state index < -0.39 is 0 Å². The summed E-state index contributed by atoms with van der Waals surface area (Å²) in [7, 11) is 0. The Hall–Kier alpha value is -0.610. The van der Waals surface area contributed by atoms with Gasteiger partial charge in [0.2, 0.25) is 5.91 Å². The summed E-state index contributed by atoms with van der Waals surface area (Å²) in [6.45, 7) is 2.65. The minimum atomic E-state index is 0.248. The van der Waals surface area contributed by atoms with Crippen molar-refractivity contribution in [3.63, 3.8) is 0 Å². The molecule has 4 fully saturated rings. The molecule has 3 aliphatic carbocycles. The van der Waals surface area contributed by atoms with Gasteiger partial charge in [0.1, 0.15) is 0 Å². The zero-order valence-corrected chi connectivity index (χ0v) is 13.6. The van der Waals surface area contributed by atoms with E-state index in [2.05, 4.69) is 4.90 Å². The smallest absolute Gasteiger partial charge is 0.225 e. The van der Waals surface area contributed by atoms with E-state index >= 15 is 0 Å². The summed E-state index contributed by atoms with van der Waals surface area (Å²) >= 11 is 0. The zero-order valence-electron chi connectivity index (χ0n) is 13.6. The van der Waals surface area contributed by atoms with Crippen molar-refractivity contribution in [3.05, 3.63) is 0 Å². The number of ether oxygens (including phenoxy) is 1. The topological polar surface area (TPSA) is 55.6 Å². The summed E-state index contributed by atoms with van der Waals surface area (Å²) in [6.07, 6.45) is 9.41. The van der Waals surface area contributed by atoms with E-state index in [1.807, 2.05) is 0 Å². The summed E-state index contributed by atoms with van der Waals surface area (Å²) in [5, 5.41) is 0. The molecule has 4 nitrogen and oxygen atoms in total. The molecule has 4 aliphatic rings. The first-order chi connectivity index (χ1) is 10.7. The van der Waals surface area contributed by atoms with Crippen molar-refractivity contribution in [2.75, 3.05) is 19.8 Å². The van der Waals surface area contributed by atoms with Crippen LogP contribution in [0.3, 0.4) is 0 Å². The molecule has 0 spiro atoms. The highest BCUT2D eigenvalue weighted by Crippen LogP contribution is 2.43. The van der Waals surface area contributed by atoms with Crippen LogP contribution in [-0.2, 0) is 9.53 Å². The Morgan fingerprint density at radius 1 is 1.09 bits per heavy atom. The molecule has 3 atom stereocenters. The second-order valence-corrected chi connectivity index (χ2v) is 8.15. The number of hydrogen-bond acceptors (Lipinski definition) is 3. The first kappa shape index (κ1) is 14.9. The molecule has 0 radical (unpaired) electrons. The van der Waals surface area contributed by atoms with E-state index in [-0.39, 0.29) is 5.92 Å². The van der Waals surface area contributed by atoms with Crippen LogP contribution in [0.4, 0.5) is 0 Å². The normalized spacial score (nSPS) is 41.4. The fourth-order valence-corrected chi connectivity index (χ4v) is 5.04. The molecule has 2 N–H and O–H groups in total. The Morgan fingerprint density at radius 3 is 2.41 bits per heavy atom. The van der Waals surface area contributed by atoms with Crippen LogP contribution in [-0.4, -0.2) is 42.6 Å². The SMILES string of the molecule is NC1C2CCCC1CC(C(=O)N(CC1CCOC1)C1CC1)C2. The first-order valence-electron chi connectivity index (χ1n) is 9.36. The number of carbonyl (C=O) groups excluding carboxylic acids is 1. The van der Waals surface area contributed by atoms with Crippen molar-refractivity contribution >= 4 is 5.91 Å². The van der Waals surface area contributed by atoms with Crippen molar-refractivity contribution in [1.29, 1.82) is 0 Å². The molecule has 3 unspecified atom stereocenters. The molecular weight excluding hydrogens is 276 g/mol. The second kappa shape index (κ2) is 6.12. The quantitative estimate of drug-likeness (QED) is 0.866. The monoisotopic (exact) mass is 306 g/mol. The molecule has 1 amide bonds. The number of nitrogens with two attached hydrogens (primary N) is 1. The molecule has 0 aromatic carbocycles. The molecular formula is C18H30N2O2. The van der Waals surface area contributed by atoms with Crippen LogP contribution < -0.4 is 5.73 Å². The van der Waals surface area contributed by atoms with Gasteiger partial charge in [-0.25, -0.2) is 0 Å². The number of rotatable bonds is 4. The van der Waals surface area contributed by atoms with Gasteiger partial charge in [0.25, 0.3) is 0 Å². The Balaban J connectivity index is 1.42. The molecule has 1 saturated heterocycles. The Labute approximate surface area is 133 Å². The molecule has 0 aromatic rings. The predicted molar refractivity (Wildman–Crippen MR) is 85.2 cm³/mol. The van der Waals surface area contributed by atoms with Crippen LogP contribution >= 0.6 is 0 Å². The highest BCUT2D eigenvalue weighted by molar-refractivity contribution is 5.79. The molecule has 4 heteroatoms. The Morgan fingerprint density at radius 2 is 1.82 bits per heavy atom. The van der Waals surface area contributed by atoms with Crippen LogP contribution in [0.25, 0.3) is 0 Å². The standard InChI is InChI=1S/C18H30N2O2/c19-17-13-2-1-3-14(17)9-15(8-13)18(21)20(16-4-5-16)10-12-6-7-22-11-12/h12-17H,1-11,19H2. The average Bonchev–Trinajstić information content (AvgIpc) is 3.20. The van der Waals surface area contributed by atoms with Gasteiger partial charge in [-0.15, -0.1) is 0 Å². The lowest BCUT2D eigenvalue weighted by atomic mass is 9.65. The van der Waals surface area contributed by atoms with Gasteiger partial charge in [0, 0.05) is 37.1 Å². The summed E-state index contributed by atoms with van der Waals surface area (Å²) in [4.78, 5) is 15.4. The van der Waals surface area contributed by atoms with Crippen LogP contribution in [0.5, 0.6) is 0 Å². The number of nitrogens with zero attached hydrogens (tertiary/aromatic N) is 1. The number of hydrogen-bond donors (Lipinski definition) is 1. The van der Waals surface area contributed by atoms with Crippen molar-refractivity contribution < 1.29 is 9.53 Å². The van der Waals surface area contributed by atoms with Crippen LogP contribution in [0.15, 0.2) is 0 Å². The molecule has 2 bridgehead atoms. The molecule has 124 valence electrons. The summed E-state index contributed by atoms with van der Waals surface area (Å²) in [6, 6.07) is 0.888. The molecule has 3 saturated carbocycles. The van der Waals surface area contributed by atoms with Gasteiger partial charge in [0.15, 0.2) is 0 Å². The van der Waals surface area contributed by atoms with E-state index in [4.69, 9.17) is 10.5 Å². The highest BCUT2D eigenvalue weighted by atomic mass is 16.5. The molecule has 1 heterocycles. The summed E-state index contributed by atoms with van der Waals surface area (Å²) in [5.74, 6) is 2.45. The van der Waals surface area contributed by atoms with Gasteiger partial charge in [0.05, 0.1) is 6.61 Å². The van der Waals surface area contributed by atoms with Gasteiger partial charge < -0.3 is 15.4 Å². The average molecular weight is 306 g/mol. The third kappa shape index (κ3) is 2.92. The van der Waals surface area contributed by atoms with Gasteiger partial charge in [-0.3, -0.25) is 4.79 Å². The third-order valence-electron chi connectivity index (χ3n) is 6.51. The zero-order chi connectivity index (χ0) is 15.1. The summed E-state index contributed by atoms with van der Waals surface area (Å²) < 4.78 is 5.50. The van der Waals surface area contributed by atoms with Gasteiger partial charge in [-0.1, -0.05) is 6.42 Å². The number of carbonyl (C=O) groups is 1. The number of fused-ring (bicyclic) bond motifs is 2. The maximum Gasteiger partial charge on any atom is 0.225 e. The minimum absolute atomic E-state index is 0.248. The van der Waals surface area contributed by atoms with Gasteiger partial charge in [-0.2, -0.15) is 0 Å². The molecule has 4 rings (SSSR count). The maximum atomic E-state index is 13.1. The Bertz CT molecular complexity index is 403. The van der Waals surface area contributed by atoms with Crippen molar-refractivity contribution in [2.45, 2.75) is 63.5 Å². The second-order valence-electron chi connectivity index (χ2n) is 8.15. The molecule has 1 aliphatic heterocycles. The lowest BCUT2D eigenvalue weighted by Crippen LogP contribution is -2.50. The van der Waals surface area contributed by atoms with Crippen LogP contribution in [0, 0.1) is 23.7 Å². The van der Waals surface area contributed by atoms with Crippen molar-refractivity contribution in [3.8, 4) is 0 Å². The lowest BCUT2D eigenvalue weighted by molar-refractivity contribution is -0.140. The highest BCUT2D eigenvalue weighted by Gasteiger charge is 2.44. The van der Waals surface area contributed by atoms with E-state index in [9.17, 15) is 4.79 Å². The Kier molecular flexibility index (Phi) is 4.16. The van der Waals surface area contributed by atoms with Gasteiger partial charge in [-0.05, 0) is 56.8 Å². The predicted octanol–water partition coefficient (Wildman–Crippen LogP) is 2.17. The minimum Gasteiger partial charge on any atom is -0.381 e.